The summed E-state index contributed by atoms with van der Waals surface area (Å²) in [5.41, 5.74) is 9.04. The summed E-state index contributed by atoms with van der Waals surface area (Å²) >= 11 is 0. The summed E-state index contributed by atoms with van der Waals surface area (Å²) in [5.74, 6) is 0. The quantitative estimate of drug-likeness (QED) is 0.499. The molecule has 0 unspecified atom stereocenters. The van der Waals surface area contributed by atoms with Crippen LogP contribution in [0.3, 0.4) is 0 Å². The van der Waals surface area contributed by atoms with Gasteiger partial charge in [0.1, 0.15) is 0 Å². The molecule has 2 nitrogen and oxygen atoms in total. The van der Waals surface area contributed by atoms with Gasteiger partial charge in [-0.3, -0.25) is 4.34 Å². The average molecular weight is 226 g/mol. The molecule has 16 heavy (non-hydrogen) atoms. The minimum absolute atomic E-state index is 0.802. The number of anilines is 1. The molecule has 0 saturated carbocycles. The van der Waals surface area contributed by atoms with Gasteiger partial charge in [-0.25, -0.2) is 0 Å². The van der Waals surface area contributed by atoms with Gasteiger partial charge in [-0.1, -0.05) is 24.5 Å². The largest absolute Gasteiger partial charge is 0.399 e. The summed E-state index contributed by atoms with van der Waals surface area (Å²) in [4.78, 5) is 0. The molecule has 0 aliphatic carbocycles. The number of hydrogen-bond acceptors (Lipinski definition) is 1. The zero-order valence-corrected chi connectivity index (χ0v) is 9.61. The van der Waals surface area contributed by atoms with E-state index in [1.807, 2.05) is 18.2 Å². The summed E-state index contributed by atoms with van der Waals surface area (Å²) in [5, 5.41) is 2.44. The van der Waals surface area contributed by atoms with Crippen molar-refractivity contribution in [1.82, 2.24) is 4.34 Å². The topological polar surface area (TPSA) is 30.9 Å². The van der Waals surface area contributed by atoms with Crippen LogP contribution < -0.4 is 5.73 Å². The second-order valence-corrected chi connectivity index (χ2v) is 4.43. The van der Waals surface area contributed by atoms with Crippen molar-refractivity contribution in [3.63, 3.8) is 0 Å². The number of rotatable bonds is 1. The number of fused-ring (bicyclic) bond motifs is 3. The third kappa shape index (κ3) is 1.17. The van der Waals surface area contributed by atoms with E-state index in [4.69, 9.17) is 5.73 Å². The van der Waals surface area contributed by atoms with E-state index in [9.17, 15) is 0 Å². The Labute approximate surface area is 95.1 Å². The molecule has 1 heterocycles. The number of aromatic nitrogens is 1. The molecule has 0 spiro atoms. The monoisotopic (exact) mass is 226 g/mol. The van der Waals surface area contributed by atoms with Gasteiger partial charge in [0.2, 0.25) is 0 Å². The molecule has 2 aromatic carbocycles. The number of hydrogen-bond donors (Lipinski definition) is 1. The van der Waals surface area contributed by atoms with Crippen molar-refractivity contribution in [3.05, 3.63) is 42.5 Å². The van der Waals surface area contributed by atoms with Crippen molar-refractivity contribution in [1.29, 1.82) is 0 Å². The number of nitrogens with two attached hydrogens (primary N) is 1. The lowest BCUT2D eigenvalue weighted by molar-refractivity contribution is 1.42. The molecule has 0 aliphatic rings. The van der Waals surface area contributed by atoms with Crippen LogP contribution in [0.5, 0.6) is 0 Å². The highest BCUT2D eigenvalue weighted by Crippen LogP contribution is 2.32. The molecule has 0 saturated heterocycles. The second kappa shape index (κ2) is 3.36. The smallest absolute Gasteiger partial charge is 0.0577 e. The van der Waals surface area contributed by atoms with Crippen molar-refractivity contribution in [2.45, 2.75) is 0 Å². The molecule has 78 valence electrons. The number of nitrogens with zero attached hydrogens (tertiary/aromatic N) is 1. The minimum Gasteiger partial charge on any atom is -0.399 e. The van der Waals surface area contributed by atoms with Crippen LogP contribution in [0.2, 0.25) is 0 Å². The van der Waals surface area contributed by atoms with E-state index < -0.39 is 0 Å². The van der Waals surface area contributed by atoms with Gasteiger partial charge >= 0.3 is 0 Å². The van der Waals surface area contributed by atoms with E-state index in [1.54, 1.807) is 0 Å². The highest BCUT2D eigenvalue weighted by Gasteiger charge is 2.08. The Morgan fingerprint density at radius 2 is 1.75 bits per heavy atom. The molecular formula is C13H11N2P. The predicted octanol–water partition coefficient (Wildman–Crippen LogP) is 3.52. The first-order chi connectivity index (χ1) is 7.81. The summed E-state index contributed by atoms with van der Waals surface area (Å²) in [6.07, 6.45) is 3.95. The molecule has 0 amide bonds. The fourth-order valence-electron chi connectivity index (χ4n) is 2.12. The molecule has 3 rings (SSSR count). The number of para-hydroxylation sites is 1. The maximum absolute atomic E-state index is 5.84. The van der Waals surface area contributed by atoms with E-state index in [2.05, 4.69) is 34.9 Å². The van der Waals surface area contributed by atoms with Gasteiger partial charge in [-0.15, -0.1) is 0 Å². The normalized spacial score (nSPS) is 11.5. The molecular weight excluding hydrogens is 215 g/mol. The molecule has 0 fully saturated rings. The van der Waals surface area contributed by atoms with Gasteiger partial charge in [0.05, 0.1) is 11.0 Å². The lowest BCUT2D eigenvalue weighted by Crippen LogP contribution is -1.83. The maximum Gasteiger partial charge on any atom is 0.0577 e. The Morgan fingerprint density at radius 1 is 1.00 bits per heavy atom. The van der Waals surface area contributed by atoms with Gasteiger partial charge in [0.25, 0.3) is 0 Å². The van der Waals surface area contributed by atoms with Crippen molar-refractivity contribution < 1.29 is 0 Å². The van der Waals surface area contributed by atoms with Gasteiger partial charge in [0.15, 0.2) is 0 Å². The van der Waals surface area contributed by atoms with Crippen LogP contribution in [0.4, 0.5) is 5.69 Å². The Kier molecular flexibility index (Phi) is 1.98. The first kappa shape index (κ1) is 9.44. The fraction of sp³-hybridized carbons (Fsp3) is 0. The van der Waals surface area contributed by atoms with Gasteiger partial charge in [-0.05, 0) is 24.3 Å². The number of nitrogen functional groups attached to an aromatic ring is 1. The van der Waals surface area contributed by atoms with Crippen LogP contribution in [-0.2, 0) is 0 Å². The molecule has 0 atom stereocenters. The van der Waals surface area contributed by atoms with Crippen molar-refractivity contribution in [3.8, 4) is 0 Å². The molecule has 0 bridgehead atoms. The zero-order valence-electron chi connectivity index (χ0n) is 8.72. The molecule has 0 radical (unpaired) electrons. The number of benzene rings is 2. The van der Waals surface area contributed by atoms with Crippen LogP contribution in [0.15, 0.2) is 42.5 Å². The van der Waals surface area contributed by atoms with Crippen molar-refractivity contribution >= 4 is 42.1 Å². The third-order valence-corrected chi connectivity index (χ3v) is 3.53. The molecule has 1 aromatic heterocycles. The predicted molar refractivity (Wildman–Crippen MR) is 73.3 cm³/mol. The Bertz CT molecular complexity index is 698. The first-order valence-electron chi connectivity index (χ1n) is 5.07. The molecule has 3 heteroatoms. The second-order valence-electron chi connectivity index (χ2n) is 3.75. The van der Waals surface area contributed by atoms with E-state index in [0.717, 1.165) is 14.0 Å². The molecule has 0 aliphatic heterocycles. The average Bonchev–Trinajstić information content (AvgIpc) is 2.62. The fourth-order valence-corrected chi connectivity index (χ4v) is 2.78. The summed E-state index contributed by atoms with van der Waals surface area (Å²) in [7, 11) is 0.975. The van der Waals surface area contributed by atoms with E-state index in [1.165, 1.54) is 21.8 Å². The van der Waals surface area contributed by atoms with Gasteiger partial charge in [-0.2, -0.15) is 0 Å². The maximum atomic E-state index is 5.84. The van der Waals surface area contributed by atoms with Gasteiger partial charge in [0, 0.05) is 24.8 Å². The minimum atomic E-state index is 0.802. The standard InChI is InChI=1S/C13H11N2P/c1-16-15-12-5-3-2-4-10(12)11-8-9(14)6-7-13(11)15/h2-8H,1,14H2. The summed E-state index contributed by atoms with van der Waals surface area (Å²) < 4.78 is 2.18. The Morgan fingerprint density at radius 3 is 2.56 bits per heavy atom. The van der Waals surface area contributed by atoms with E-state index >= 15 is 0 Å². The third-order valence-electron chi connectivity index (χ3n) is 2.81. The summed E-state index contributed by atoms with van der Waals surface area (Å²) in [6.45, 7) is 0. The van der Waals surface area contributed by atoms with E-state index in [0.29, 0.717) is 0 Å². The molecule has 3 aromatic rings. The zero-order chi connectivity index (χ0) is 11.1. The lowest BCUT2D eigenvalue weighted by Gasteiger charge is -1.97. The van der Waals surface area contributed by atoms with Crippen molar-refractivity contribution in [2.24, 2.45) is 0 Å². The SMILES string of the molecule is C=Pn1c2ccccc2c2cc(N)ccc21. The van der Waals surface area contributed by atoms with E-state index in [-0.39, 0.29) is 0 Å². The lowest BCUT2D eigenvalue weighted by atomic mass is 10.1. The highest BCUT2D eigenvalue weighted by atomic mass is 31.1. The first-order valence-corrected chi connectivity index (χ1v) is 6.10. The van der Waals surface area contributed by atoms with Crippen LogP contribution in [0.25, 0.3) is 21.8 Å². The Balaban J connectivity index is 2.64. The molecule has 2 N–H and O–H groups in total. The van der Waals surface area contributed by atoms with Crippen molar-refractivity contribution in [2.75, 3.05) is 5.73 Å². The van der Waals surface area contributed by atoms with Crippen LogP contribution >= 0.6 is 8.35 Å². The summed E-state index contributed by atoms with van der Waals surface area (Å²) in [6, 6.07) is 14.4. The van der Waals surface area contributed by atoms with Crippen LogP contribution in [0.1, 0.15) is 0 Å². The van der Waals surface area contributed by atoms with Crippen LogP contribution in [-0.4, -0.2) is 10.6 Å². The van der Waals surface area contributed by atoms with Gasteiger partial charge < -0.3 is 5.73 Å². The highest BCUT2D eigenvalue weighted by molar-refractivity contribution is 7.35. The Hall–Kier alpha value is -1.79. The van der Waals surface area contributed by atoms with Crippen LogP contribution in [0, 0.1) is 0 Å².